The molecule has 0 aliphatic heterocycles. The molecule has 0 unspecified atom stereocenters. The number of alkyl halides is 5. The molecule has 0 aromatic rings. The molecule has 1 nitrogen and oxygen atoms in total. The molecule has 1 aliphatic carbocycles. The van der Waals surface area contributed by atoms with Crippen LogP contribution in [0.15, 0.2) is 0 Å². The number of carbonyl (C=O) groups excluding carboxylic acids is 1. The number of hydrogen-bond donors (Lipinski definition) is 0. The normalized spacial score (nSPS) is 26.1. The summed E-state index contributed by atoms with van der Waals surface area (Å²) in [6.07, 6.45) is -8.10. The van der Waals surface area contributed by atoms with E-state index in [0.717, 1.165) is 0 Å². The van der Waals surface area contributed by atoms with Crippen molar-refractivity contribution in [2.45, 2.75) is 24.9 Å². The SMILES string of the molecule is O=CC1(C(F)(F)F)CC(F)(F)C1. The molecule has 0 saturated heterocycles. The molecule has 1 saturated carbocycles. The van der Waals surface area contributed by atoms with E-state index in [1.54, 1.807) is 0 Å². The van der Waals surface area contributed by atoms with Gasteiger partial charge in [-0.15, -0.1) is 0 Å². The fourth-order valence-electron chi connectivity index (χ4n) is 1.22. The van der Waals surface area contributed by atoms with Gasteiger partial charge in [0.1, 0.15) is 11.7 Å². The zero-order valence-electron chi connectivity index (χ0n) is 5.79. The standard InChI is InChI=1S/C6H5F5O/c7-5(8)1-4(2-5,3-12)6(9,10)11/h3H,1-2H2. The summed E-state index contributed by atoms with van der Waals surface area (Å²) in [5, 5.41) is 0. The second-order valence-corrected chi connectivity index (χ2v) is 2.98. The minimum Gasteiger partial charge on any atom is -0.302 e. The van der Waals surface area contributed by atoms with Gasteiger partial charge in [-0.1, -0.05) is 0 Å². The van der Waals surface area contributed by atoms with E-state index >= 15 is 0 Å². The highest BCUT2D eigenvalue weighted by Gasteiger charge is 2.69. The average molecular weight is 188 g/mol. The van der Waals surface area contributed by atoms with Crippen LogP contribution in [0.2, 0.25) is 0 Å². The predicted molar refractivity (Wildman–Crippen MR) is 28.7 cm³/mol. The van der Waals surface area contributed by atoms with Crippen molar-refractivity contribution in [1.29, 1.82) is 0 Å². The van der Waals surface area contributed by atoms with Crippen molar-refractivity contribution in [3.8, 4) is 0 Å². The third-order valence-electron chi connectivity index (χ3n) is 1.94. The second kappa shape index (κ2) is 2.17. The monoisotopic (exact) mass is 188 g/mol. The molecular weight excluding hydrogens is 183 g/mol. The fraction of sp³-hybridized carbons (Fsp3) is 0.833. The first-order valence-corrected chi connectivity index (χ1v) is 3.13. The van der Waals surface area contributed by atoms with E-state index in [1.807, 2.05) is 0 Å². The minimum atomic E-state index is -4.85. The average Bonchev–Trinajstić information content (AvgIpc) is 1.78. The molecule has 1 fully saturated rings. The van der Waals surface area contributed by atoms with Gasteiger partial charge in [0.15, 0.2) is 0 Å². The maximum absolute atomic E-state index is 12.1. The van der Waals surface area contributed by atoms with Crippen molar-refractivity contribution in [1.82, 2.24) is 0 Å². The van der Waals surface area contributed by atoms with Crippen molar-refractivity contribution in [3.05, 3.63) is 0 Å². The van der Waals surface area contributed by atoms with Crippen LogP contribution in [0, 0.1) is 5.41 Å². The van der Waals surface area contributed by atoms with Crippen LogP contribution in [0.4, 0.5) is 22.0 Å². The predicted octanol–water partition coefficient (Wildman–Crippen LogP) is 2.16. The Kier molecular flexibility index (Phi) is 1.70. The summed E-state index contributed by atoms with van der Waals surface area (Å²) < 4.78 is 60.0. The Morgan fingerprint density at radius 2 is 1.58 bits per heavy atom. The summed E-state index contributed by atoms with van der Waals surface area (Å²) in [5.74, 6) is -3.34. The van der Waals surface area contributed by atoms with E-state index in [9.17, 15) is 26.7 Å². The van der Waals surface area contributed by atoms with Crippen LogP contribution in [-0.2, 0) is 4.79 Å². The molecule has 0 bridgehead atoms. The molecule has 0 aromatic carbocycles. The van der Waals surface area contributed by atoms with E-state index in [0.29, 0.717) is 0 Å². The van der Waals surface area contributed by atoms with Crippen molar-refractivity contribution in [2.75, 3.05) is 0 Å². The van der Waals surface area contributed by atoms with Crippen LogP contribution in [-0.4, -0.2) is 18.4 Å². The van der Waals surface area contributed by atoms with Crippen LogP contribution < -0.4 is 0 Å². The lowest BCUT2D eigenvalue weighted by Gasteiger charge is -2.43. The lowest BCUT2D eigenvalue weighted by atomic mass is 9.66. The summed E-state index contributed by atoms with van der Waals surface area (Å²) in [5.41, 5.74) is -2.80. The zero-order chi connectivity index (χ0) is 9.62. The highest BCUT2D eigenvalue weighted by molar-refractivity contribution is 5.63. The van der Waals surface area contributed by atoms with E-state index in [-0.39, 0.29) is 0 Å². The third-order valence-corrected chi connectivity index (χ3v) is 1.94. The molecule has 70 valence electrons. The number of halogens is 5. The highest BCUT2D eigenvalue weighted by atomic mass is 19.4. The van der Waals surface area contributed by atoms with Crippen molar-refractivity contribution in [2.24, 2.45) is 5.41 Å². The molecule has 0 amide bonds. The van der Waals surface area contributed by atoms with Gasteiger partial charge in [-0.05, 0) is 0 Å². The van der Waals surface area contributed by atoms with Gasteiger partial charge in [-0.3, -0.25) is 0 Å². The molecule has 0 atom stereocenters. The number of rotatable bonds is 1. The Morgan fingerprint density at radius 1 is 1.17 bits per heavy atom. The minimum absolute atomic E-state index is 0.426. The third kappa shape index (κ3) is 1.19. The Labute approximate surface area is 64.5 Å². The molecule has 0 radical (unpaired) electrons. The Morgan fingerprint density at radius 3 is 1.67 bits per heavy atom. The summed E-state index contributed by atoms with van der Waals surface area (Å²) >= 11 is 0. The molecule has 0 aromatic heterocycles. The number of hydrogen-bond acceptors (Lipinski definition) is 1. The van der Waals surface area contributed by atoms with Crippen molar-refractivity contribution >= 4 is 6.29 Å². The van der Waals surface area contributed by atoms with Gasteiger partial charge in [0, 0.05) is 12.8 Å². The molecule has 1 rings (SSSR count). The Balaban J connectivity index is 2.79. The van der Waals surface area contributed by atoms with E-state index in [2.05, 4.69) is 0 Å². The smallest absolute Gasteiger partial charge is 0.302 e. The van der Waals surface area contributed by atoms with Gasteiger partial charge in [-0.25, -0.2) is 8.78 Å². The molecule has 0 spiro atoms. The lowest BCUT2D eigenvalue weighted by Crippen LogP contribution is -2.55. The quantitative estimate of drug-likeness (QED) is 0.455. The van der Waals surface area contributed by atoms with Gasteiger partial charge in [0.2, 0.25) is 0 Å². The van der Waals surface area contributed by atoms with Crippen LogP contribution in [0.3, 0.4) is 0 Å². The summed E-state index contributed by atoms with van der Waals surface area (Å²) in [4.78, 5) is 9.99. The molecule has 6 heteroatoms. The maximum atomic E-state index is 12.1. The summed E-state index contributed by atoms with van der Waals surface area (Å²) in [7, 11) is 0. The fourth-order valence-corrected chi connectivity index (χ4v) is 1.22. The van der Waals surface area contributed by atoms with Crippen LogP contribution in [0.5, 0.6) is 0 Å². The van der Waals surface area contributed by atoms with Crippen molar-refractivity contribution in [3.63, 3.8) is 0 Å². The van der Waals surface area contributed by atoms with Gasteiger partial charge >= 0.3 is 6.18 Å². The van der Waals surface area contributed by atoms with Gasteiger partial charge in [0.05, 0.1) is 0 Å². The highest BCUT2D eigenvalue weighted by Crippen LogP contribution is 2.58. The molecule has 0 heterocycles. The molecule has 0 N–H and O–H groups in total. The largest absolute Gasteiger partial charge is 0.401 e. The maximum Gasteiger partial charge on any atom is 0.401 e. The summed E-state index contributed by atoms with van der Waals surface area (Å²) in [6.45, 7) is 0. The first-order chi connectivity index (χ1) is 5.22. The zero-order valence-corrected chi connectivity index (χ0v) is 5.79. The van der Waals surface area contributed by atoms with Gasteiger partial charge in [-0.2, -0.15) is 13.2 Å². The van der Waals surface area contributed by atoms with Crippen molar-refractivity contribution < 1.29 is 26.7 Å². The van der Waals surface area contributed by atoms with E-state index in [4.69, 9.17) is 0 Å². The Hall–Kier alpha value is -0.680. The van der Waals surface area contributed by atoms with Crippen LogP contribution >= 0.6 is 0 Å². The first kappa shape index (κ1) is 9.41. The summed E-state index contributed by atoms with van der Waals surface area (Å²) in [6, 6.07) is 0. The second-order valence-electron chi connectivity index (χ2n) is 2.98. The molecule has 12 heavy (non-hydrogen) atoms. The first-order valence-electron chi connectivity index (χ1n) is 3.13. The molecule has 1 aliphatic rings. The molecular formula is C6H5F5O. The van der Waals surface area contributed by atoms with E-state index in [1.165, 1.54) is 0 Å². The van der Waals surface area contributed by atoms with Crippen LogP contribution in [0.1, 0.15) is 12.8 Å². The van der Waals surface area contributed by atoms with Crippen LogP contribution in [0.25, 0.3) is 0 Å². The van der Waals surface area contributed by atoms with Gasteiger partial charge < -0.3 is 4.79 Å². The van der Waals surface area contributed by atoms with Gasteiger partial charge in [0.25, 0.3) is 5.92 Å². The number of carbonyl (C=O) groups is 1. The number of aldehydes is 1. The lowest BCUT2D eigenvalue weighted by molar-refractivity contribution is -0.289. The Bertz CT molecular complexity index is 198. The van der Waals surface area contributed by atoms with E-state index < -0.39 is 36.6 Å². The topological polar surface area (TPSA) is 17.1 Å².